The van der Waals surface area contributed by atoms with E-state index in [2.05, 4.69) is 45.3 Å². The van der Waals surface area contributed by atoms with Gasteiger partial charge in [-0.3, -0.25) is 4.98 Å². The van der Waals surface area contributed by atoms with Gasteiger partial charge in [-0.1, -0.05) is 6.07 Å². The van der Waals surface area contributed by atoms with Gasteiger partial charge in [0.25, 0.3) is 0 Å². The first-order valence-corrected chi connectivity index (χ1v) is 8.90. The highest BCUT2D eigenvalue weighted by atomic mass is 15.2. The smallest absolute Gasteiger partial charge is 0.148 e. The molecule has 1 N–H and O–H groups in total. The number of aromatic nitrogens is 3. The first kappa shape index (κ1) is 16.8. The van der Waals surface area contributed by atoms with E-state index in [0.29, 0.717) is 18.5 Å². The maximum absolute atomic E-state index is 4.41. The van der Waals surface area contributed by atoms with Crippen LogP contribution in [0.4, 0.5) is 5.82 Å². The van der Waals surface area contributed by atoms with Gasteiger partial charge in [0.15, 0.2) is 0 Å². The molecule has 1 aliphatic rings. The third-order valence-electron chi connectivity index (χ3n) is 4.69. The molecule has 24 heavy (non-hydrogen) atoms. The lowest BCUT2D eigenvalue weighted by Crippen LogP contribution is -2.40. The molecule has 0 aromatic carbocycles. The average molecular weight is 325 g/mol. The summed E-state index contributed by atoms with van der Waals surface area (Å²) in [4.78, 5) is 6.69. The van der Waals surface area contributed by atoms with Crippen LogP contribution >= 0.6 is 0 Å². The number of hydrogen-bond acceptors (Lipinski definition) is 5. The minimum atomic E-state index is 0.637. The molecule has 0 aliphatic carbocycles. The van der Waals surface area contributed by atoms with Crippen LogP contribution in [0.1, 0.15) is 37.9 Å². The number of nitrogens with one attached hydrogen (secondary N) is 1. The van der Waals surface area contributed by atoms with E-state index in [-0.39, 0.29) is 0 Å². The topological polar surface area (TPSA) is 53.9 Å². The van der Waals surface area contributed by atoms with Crippen molar-refractivity contribution in [3.8, 4) is 0 Å². The highest BCUT2D eigenvalue weighted by Gasteiger charge is 2.22. The highest BCUT2D eigenvalue weighted by Crippen LogP contribution is 2.21. The molecular weight excluding hydrogens is 298 g/mol. The molecule has 3 rings (SSSR count). The molecule has 128 valence electrons. The second-order valence-electron chi connectivity index (χ2n) is 6.93. The summed E-state index contributed by atoms with van der Waals surface area (Å²) >= 11 is 0. The monoisotopic (exact) mass is 325 g/mol. The number of anilines is 1. The Morgan fingerprint density at radius 1 is 1.25 bits per heavy atom. The maximum Gasteiger partial charge on any atom is 0.148 e. The fraction of sp³-hybridized carbons (Fsp3) is 0.526. The third-order valence-corrected chi connectivity index (χ3v) is 4.69. The summed E-state index contributed by atoms with van der Waals surface area (Å²) in [7, 11) is 0. The molecule has 2 aromatic heterocycles. The predicted molar refractivity (Wildman–Crippen MR) is 96.7 cm³/mol. The fourth-order valence-electron chi connectivity index (χ4n) is 3.29. The summed E-state index contributed by atoms with van der Waals surface area (Å²) in [5, 5.41) is 12.0. The zero-order chi connectivity index (χ0) is 16.8. The van der Waals surface area contributed by atoms with Gasteiger partial charge in [0.1, 0.15) is 5.82 Å². The van der Waals surface area contributed by atoms with Crippen LogP contribution < -0.4 is 5.32 Å². The number of piperidine rings is 1. The van der Waals surface area contributed by atoms with E-state index in [9.17, 15) is 0 Å². The Morgan fingerprint density at radius 2 is 2.17 bits per heavy atom. The van der Waals surface area contributed by atoms with Crippen molar-refractivity contribution in [1.29, 1.82) is 0 Å². The Kier molecular flexibility index (Phi) is 5.75. The van der Waals surface area contributed by atoms with Gasteiger partial charge in [-0.05, 0) is 69.3 Å². The van der Waals surface area contributed by atoms with Crippen molar-refractivity contribution < 1.29 is 0 Å². The fourth-order valence-corrected chi connectivity index (χ4v) is 3.29. The highest BCUT2D eigenvalue weighted by molar-refractivity contribution is 5.34. The van der Waals surface area contributed by atoms with Crippen LogP contribution in [0.5, 0.6) is 0 Å². The summed E-state index contributed by atoms with van der Waals surface area (Å²) in [6.45, 7) is 7.70. The van der Waals surface area contributed by atoms with Crippen molar-refractivity contribution in [2.24, 2.45) is 5.92 Å². The zero-order valence-electron chi connectivity index (χ0n) is 14.7. The number of pyridine rings is 1. The standard InChI is InChI=1S/C19H27N5/c1-15(2)24-10-4-6-16(14-24)11-18-7-8-19(23-22-18)21-13-17-5-3-9-20-12-17/h3,5,7-9,12,15-16H,4,6,10-11,13-14H2,1-2H3,(H,21,23)/t16-/m0/s1. The molecule has 1 fully saturated rings. The van der Waals surface area contributed by atoms with Crippen molar-refractivity contribution in [3.05, 3.63) is 47.9 Å². The normalized spacial score (nSPS) is 18.7. The lowest BCUT2D eigenvalue weighted by Gasteiger charge is -2.35. The van der Waals surface area contributed by atoms with Gasteiger partial charge in [-0.25, -0.2) is 0 Å². The molecule has 5 nitrogen and oxygen atoms in total. The zero-order valence-corrected chi connectivity index (χ0v) is 14.7. The SMILES string of the molecule is CC(C)N1CCC[C@@H](Cc2ccc(NCc3cccnc3)nn2)C1. The summed E-state index contributed by atoms with van der Waals surface area (Å²) in [6.07, 6.45) is 7.26. The van der Waals surface area contributed by atoms with Gasteiger partial charge in [0.05, 0.1) is 5.69 Å². The number of likely N-dealkylation sites (tertiary alicyclic amines) is 1. The number of hydrogen-bond donors (Lipinski definition) is 1. The lowest BCUT2D eigenvalue weighted by atomic mass is 9.92. The lowest BCUT2D eigenvalue weighted by molar-refractivity contribution is 0.139. The molecule has 0 unspecified atom stereocenters. The molecule has 1 aliphatic heterocycles. The molecule has 2 aromatic rings. The van der Waals surface area contributed by atoms with Crippen LogP contribution in [0.3, 0.4) is 0 Å². The van der Waals surface area contributed by atoms with Crippen molar-refractivity contribution in [2.45, 2.75) is 45.7 Å². The van der Waals surface area contributed by atoms with E-state index < -0.39 is 0 Å². The van der Waals surface area contributed by atoms with E-state index in [1.54, 1.807) is 6.20 Å². The Labute approximate surface area is 144 Å². The van der Waals surface area contributed by atoms with Crippen molar-refractivity contribution in [2.75, 3.05) is 18.4 Å². The van der Waals surface area contributed by atoms with Gasteiger partial charge in [0.2, 0.25) is 0 Å². The quantitative estimate of drug-likeness (QED) is 0.884. The second kappa shape index (κ2) is 8.20. The Morgan fingerprint density at radius 3 is 2.88 bits per heavy atom. The molecule has 3 heterocycles. The largest absolute Gasteiger partial charge is 0.364 e. The molecule has 1 saturated heterocycles. The van der Waals surface area contributed by atoms with E-state index in [0.717, 1.165) is 23.5 Å². The summed E-state index contributed by atoms with van der Waals surface area (Å²) < 4.78 is 0. The molecule has 0 amide bonds. The van der Waals surface area contributed by atoms with E-state index >= 15 is 0 Å². The van der Waals surface area contributed by atoms with Crippen molar-refractivity contribution in [1.82, 2.24) is 20.1 Å². The minimum absolute atomic E-state index is 0.637. The Balaban J connectivity index is 1.51. The predicted octanol–water partition coefficient (Wildman–Crippen LogP) is 3.15. The third kappa shape index (κ3) is 4.74. The second-order valence-corrected chi connectivity index (χ2v) is 6.93. The molecule has 0 bridgehead atoms. The van der Waals surface area contributed by atoms with Gasteiger partial charge in [-0.15, -0.1) is 5.10 Å². The van der Waals surface area contributed by atoms with Gasteiger partial charge >= 0.3 is 0 Å². The van der Waals surface area contributed by atoms with Crippen LogP contribution in [-0.2, 0) is 13.0 Å². The van der Waals surface area contributed by atoms with Crippen LogP contribution in [-0.4, -0.2) is 39.2 Å². The van der Waals surface area contributed by atoms with E-state index in [1.165, 1.54) is 25.9 Å². The van der Waals surface area contributed by atoms with Crippen molar-refractivity contribution in [3.63, 3.8) is 0 Å². The van der Waals surface area contributed by atoms with Crippen LogP contribution in [0.2, 0.25) is 0 Å². The van der Waals surface area contributed by atoms with Crippen LogP contribution in [0.25, 0.3) is 0 Å². The molecular formula is C19H27N5. The van der Waals surface area contributed by atoms with E-state index in [1.807, 2.05) is 24.4 Å². The van der Waals surface area contributed by atoms with Crippen LogP contribution in [0.15, 0.2) is 36.7 Å². The van der Waals surface area contributed by atoms with Gasteiger partial charge < -0.3 is 10.2 Å². The summed E-state index contributed by atoms with van der Waals surface area (Å²) in [5.74, 6) is 1.51. The average Bonchev–Trinajstić information content (AvgIpc) is 2.62. The molecule has 0 radical (unpaired) electrons. The van der Waals surface area contributed by atoms with Crippen LogP contribution in [0, 0.1) is 5.92 Å². The molecule has 1 atom stereocenters. The number of nitrogens with zero attached hydrogens (tertiary/aromatic N) is 4. The Hall–Kier alpha value is -2.01. The minimum Gasteiger partial charge on any atom is -0.364 e. The van der Waals surface area contributed by atoms with Gasteiger partial charge in [-0.2, -0.15) is 5.10 Å². The Bertz CT molecular complexity index is 611. The first-order valence-electron chi connectivity index (χ1n) is 8.90. The molecule has 0 saturated carbocycles. The van der Waals surface area contributed by atoms with Crippen molar-refractivity contribution >= 4 is 5.82 Å². The molecule has 5 heteroatoms. The van der Waals surface area contributed by atoms with Gasteiger partial charge in [0, 0.05) is 31.5 Å². The molecule has 0 spiro atoms. The van der Waals surface area contributed by atoms with E-state index in [4.69, 9.17) is 0 Å². The summed E-state index contributed by atoms with van der Waals surface area (Å²) in [6, 6.07) is 8.76. The number of rotatable bonds is 6. The maximum atomic E-state index is 4.41. The summed E-state index contributed by atoms with van der Waals surface area (Å²) in [5.41, 5.74) is 2.23. The first-order chi connectivity index (χ1) is 11.7.